The maximum absolute atomic E-state index is 12.0. The van der Waals surface area contributed by atoms with E-state index < -0.39 is 30.1 Å². The van der Waals surface area contributed by atoms with E-state index in [-0.39, 0.29) is 25.9 Å². The van der Waals surface area contributed by atoms with Crippen molar-refractivity contribution in [2.75, 3.05) is 27.2 Å². The largest absolute Gasteiger partial charge is 0.480 e. The highest BCUT2D eigenvalue weighted by atomic mass is 16.5. The molecule has 1 heterocycles. The zero-order valence-electron chi connectivity index (χ0n) is 10.9. The lowest BCUT2D eigenvalue weighted by molar-refractivity contribution is -0.142. The number of rotatable bonds is 4. The minimum Gasteiger partial charge on any atom is -0.480 e. The first-order valence-corrected chi connectivity index (χ1v) is 5.86. The highest BCUT2D eigenvalue weighted by Crippen LogP contribution is 2.19. The second-order valence-electron chi connectivity index (χ2n) is 4.43. The van der Waals surface area contributed by atoms with Crippen molar-refractivity contribution in [1.82, 2.24) is 9.80 Å². The molecule has 1 unspecified atom stereocenters. The summed E-state index contributed by atoms with van der Waals surface area (Å²) in [7, 11) is 2.72. The Hall–Kier alpha value is -1.83. The summed E-state index contributed by atoms with van der Waals surface area (Å²) in [5.74, 6) is -1.60. The van der Waals surface area contributed by atoms with Crippen LogP contribution in [0, 0.1) is 0 Å². The second-order valence-corrected chi connectivity index (χ2v) is 4.43. The predicted octanol–water partition coefficient (Wildman–Crippen LogP) is -0.879. The molecule has 1 aliphatic rings. The molecule has 1 fully saturated rings. The van der Waals surface area contributed by atoms with Gasteiger partial charge in [0.2, 0.25) is 0 Å². The van der Waals surface area contributed by atoms with Crippen molar-refractivity contribution in [2.45, 2.75) is 25.0 Å². The monoisotopic (exact) mass is 274 g/mol. The van der Waals surface area contributed by atoms with Crippen LogP contribution in [-0.4, -0.2) is 77.4 Å². The molecule has 0 radical (unpaired) electrons. The molecule has 2 amide bonds. The van der Waals surface area contributed by atoms with Gasteiger partial charge in [-0.2, -0.15) is 0 Å². The number of carbonyl (C=O) groups is 3. The number of likely N-dealkylation sites (tertiary alicyclic amines) is 1. The van der Waals surface area contributed by atoms with Crippen LogP contribution in [0.1, 0.15) is 12.8 Å². The summed E-state index contributed by atoms with van der Waals surface area (Å²) >= 11 is 0. The van der Waals surface area contributed by atoms with E-state index >= 15 is 0 Å². The number of nitrogens with zero attached hydrogens (tertiary/aromatic N) is 2. The van der Waals surface area contributed by atoms with Crippen molar-refractivity contribution in [2.24, 2.45) is 0 Å². The highest BCUT2D eigenvalue weighted by molar-refractivity contribution is 5.83. The third-order valence-corrected chi connectivity index (χ3v) is 3.02. The summed E-state index contributed by atoms with van der Waals surface area (Å²) in [6.07, 6.45) is -0.780. The molecule has 1 rings (SSSR count). The number of hydrogen-bond acceptors (Lipinski definition) is 5. The molecule has 0 aromatic carbocycles. The van der Waals surface area contributed by atoms with Crippen LogP contribution in [-0.2, 0) is 14.3 Å². The van der Waals surface area contributed by atoms with E-state index in [1.54, 1.807) is 0 Å². The zero-order valence-corrected chi connectivity index (χ0v) is 10.9. The van der Waals surface area contributed by atoms with Gasteiger partial charge in [0.05, 0.1) is 19.6 Å². The van der Waals surface area contributed by atoms with Gasteiger partial charge in [0.25, 0.3) is 0 Å². The Labute approximate surface area is 110 Å². The molecular weight excluding hydrogens is 256 g/mol. The van der Waals surface area contributed by atoms with Crippen LogP contribution in [0.2, 0.25) is 0 Å². The number of aliphatic hydroxyl groups is 1. The Morgan fingerprint density at radius 2 is 2.05 bits per heavy atom. The van der Waals surface area contributed by atoms with Crippen molar-refractivity contribution >= 4 is 18.0 Å². The smallest absolute Gasteiger partial charge is 0.326 e. The van der Waals surface area contributed by atoms with E-state index in [1.165, 1.54) is 19.1 Å². The maximum atomic E-state index is 12.0. The maximum Gasteiger partial charge on any atom is 0.326 e. The number of urea groups is 1. The Kier molecular flexibility index (Phi) is 5.11. The summed E-state index contributed by atoms with van der Waals surface area (Å²) in [5, 5.41) is 18.4. The summed E-state index contributed by atoms with van der Waals surface area (Å²) in [4.78, 5) is 36.4. The fourth-order valence-corrected chi connectivity index (χ4v) is 1.94. The molecule has 0 bridgehead atoms. The molecule has 2 N–H and O–H groups in total. The van der Waals surface area contributed by atoms with Crippen LogP contribution in [0.5, 0.6) is 0 Å². The third kappa shape index (κ3) is 3.82. The summed E-state index contributed by atoms with van der Waals surface area (Å²) in [6, 6.07) is -1.55. The standard InChI is InChI=1S/C11H18N2O6/c1-12(4-3-9(15)19-2)11(18)13-6-7(14)5-8(13)10(16)17/h7-8,14H,3-6H2,1-2H3,(H,16,17)/t7?,8-/m0/s1. The number of aliphatic hydroxyl groups excluding tert-OH is 1. The molecule has 0 aromatic heterocycles. The van der Waals surface area contributed by atoms with Crippen LogP contribution in [0.3, 0.4) is 0 Å². The van der Waals surface area contributed by atoms with Gasteiger partial charge in [-0.1, -0.05) is 0 Å². The summed E-state index contributed by atoms with van der Waals surface area (Å²) in [6.45, 7) is 0.114. The fourth-order valence-electron chi connectivity index (χ4n) is 1.94. The summed E-state index contributed by atoms with van der Waals surface area (Å²) in [5.41, 5.74) is 0. The van der Waals surface area contributed by atoms with Gasteiger partial charge in [0, 0.05) is 26.6 Å². The lowest BCUT2D eigenvalue weighted by Gasteiger charge is -2.27. The van der Waals surface area contributed by atoms with Gasteiger partial charge in [-0.3, -0.25) is 4.79 Å². The molecule has 0 spiro atoms. The normalized spacial score (nSPS) is 22.2. The number of carboxylic acid groups (broad SMARTS) is 1. The average Bonchev–Trinajstić information content (AvgIpc) is 2.76. The quantitative estimate of drug-likeness (QED) is 0.645. The molecule has 0 aliphatic carbocycles. The lowest BCUT2D eigenvalue weighted by atomic mass is 10.2. The van der Waals surface area contributed by atoms with Crippen molar-refractivity contribution in [3.05, 3.63) is 0 Å². The summed E-state index contributed by atoms with van der Waals surface area (Å²) < 4.78 is 4.46. The van der Waals surface area contributed by atoms with Gasteiger partial charge in [-0.25, -0.2) is 9.59 Å². The molecular formula is C11H18N2O6. The number of β-amino-alcohol motifs (C(OH)–C–C–N with tert-alkyl or cyclic N) is 1. The van der Waals surface area contributed by atoms with Gasteiger partial charge < -0.3 is 24.7 Å². The van der Waals surface area contributed by atoms with E-state index in [4.69, 9.17) is 5.11 Å². The van der Waals surface area contributed by atoms with E-state index in [2.05, 4.69) is 4.74 Å². The minimum atomic E-state index is -1.15. The molecule has 19 heavy (non-hydrogen) atoms. The lowest BCUT2D eigenvalue weighted by Crippen LogP contribution is -2.47. The number of esters is 1. The van der Waals surface area contributed by atoms with Gasteiger partial charge in [-0.15, -0.1) is 0 Å². The van der Waals surface area contributed by atoms with Crippen molar-refractivity contribution < 1.29 is 29.3 Å². The van der Waals surface area contributed by atoms with Crippen LogP contribution < -0.4 is 0 Å². The van der Waals surface area contributed by atoms with E-state index in [1.807, 2.05) is 0 Å². The third-order valence-electron chi connectivity index (χ3n) is 3.02. The Bertz CT molecular complexity index is 372. The second kappa shape index (κ2) is 6.37. The van der Waals surface area contributed by atoms with Crippen molar-refractivity contribution in [3.8, 4) is 0 Å². The number of carbonyl (C=O) groups excluding carboxylic acids is 2. The molecule has 2 atom stereocenters. The Morgan fingerprint density at radius 1 is 1.42 bits per heavy atom. The number of hydrogen-bond donors (Lipinski definition) is 2. The number of methoxy groups -OCH3 is 1. The van der Waals surface area contributed by atoms with Crippen LogP contribution in [0.4, 0.5) is 4.79 Å². The molecule has 1 saturated heterocycles. The highest BCUT2D eigenvalue weighted by Gasteiger charge is 2.40. The minimum absolute atomic E-state index is 0.0155. The first-order chi connectivity index (χ1) is 8.86. The Morgan fingerprint density at radius 3 is 2.58 bits per heavy atom. The van der Waals surface area contributed by atoms with Crippen molar-refractivity contribution in [3.63, 3.8) is 0 Å². The molecule has 0 saturated carbocycles. The number of carboxylic acids is 1. The SMILES string of the molecule is COC(=O)CCN(C)C(=O)N1CC(O)C[C@H]1C(=O)O. The average molecular weight is 274 g/mol. The van der Waals surface area contributed by atoms with E-state index in [0.29, 0.717) is 0 Å². The van der Waals surface area contributed by atoms with Crippen LogP contribution >= 0.6 is 0 Å². The molecule has 108 valence electrons. The molecule has 0 aromatic rings. The molecule has 8 heteroatoms. The van der Waals surface area contributed by atoms with E-state index in [9.17, 15) is 19.5 Å². The first-order valence-electron chi connectivity index (χ1n) is 5.86. The van der Waals surface area contributed by atoms with E-state index in [0.717, 1.165) is 4.90 Å². The number of amides is 2. The molecule has 1 aliphatic heterocycles. The van der Waals surface area contributed by atoms with Gasteiger partial charge in [0.15, 0.2) is 0 Å². The van der Waals surface area contributed by atoms with Gasteiger partial charge in [-0.05, 0) is 0 Å². The topological polar surface area (TPSA) is 107 Å². The fraction of sp³-hybridized carbons (Fsp3) is 0.727. The molecule has 8 nitrogen and oxygen atoms in total. The van der Waals surface area contributed by atoms with Crippen molar-refractivity contribution in [1.29, 1.82) is 0 Å². The number of ether oxygens (including phenoxy) is 1. The van der Waals surface area contributed by atoms with Crippen LogP contribution in [0.25, 0.3) is 0 Å². The zero-order chi connectivity index (χ0) is 14.6. The predicted molar refractivity (Wildman–Crippen MR) is 63.4 cm³/mol. The number of aliphatic carboxylic acids is 1. The van der Waals surface area contributed by atoms with Gasteiger partial charge in [0.1, 0.15) is 6.04 Å². The Balaban J connectivity index is 2.60. The van der Waals surface area contributed by atoms with Gasteiger partial charge >= 0.3 is 18.0 Å². The first kappa shape index (κ1) is 15.2. The van der Waals surface area contributed by atoms with Crippen LogP contribution in [0.15, 0.2) is 0 Å².